The Morgan fingerprint density at radius 2 is 2.18 bits per heavy atom. The summed E-state index contributed by atoms with van der Waals surface area (Å²) in [6.07, 6.45) is 0.455. The van der Waals surface area contributed by atoms with Gasteiger partial charge in [0.1, 0.15) is 0 Å². The molecule has 0 fully saturated rings. The standard InChI is InChI=1S/C6H13BrN2O2/c1-5(2)3-6(7,4-8)9(10)11/h5H,3-4,8H2,1-2H3. The number of nitro groups is 1. The number of alkyl halides is 1. The zero-order chi connectivity index (χ0) is 9.07. The number of hydrogen-bond donors (Lipinski definition) is 1. The summed E-state index contributed by atoms with van der Waals surface area (Å²) in [5.74, 6) is 0.267. The maximum atomic E-state index is 10.5. The lowest BCUT2D eigenvalue weighted by atomic mass is 10.0. The van der Waals surface area contributed by atoms with Crippen molar-refractivity contribution in [1.29, 1.82) is 0 Å². The molecular weight excluding hydrogens is 212 g/mol. The van der Waals surface area contributed by atoms with Crippen molar-refractivity contribution in [1.82, 2.24) is 0 Å². The van der Waals surface area contributed by atoms with E-state index in [2.05, 4.69) is 15.9 Å². The highest BCUT2D eigenvalue weighted by atomic mass is 79.9. The Bertz CT molecular complexity index is 152. The molecule has 0 bridgehead atoms. The smallest absolute Gasteiger partial charge is 0.286 e. The highest BCUT2D eigenvalue weighted by molar-refractivity contribution is 9.10. The first-order valence-corrected chi connectivity index (χ1v) is 4.25. The molecule has 0 saturated heterocycles. The van der Waals surface area contributed by atoms with E-state index in [1.54, 1.807) is 0 Å². The van der Waals surface area contributed by atoms with Crippen molar-refractivity contribution in [2.24, 2.45) is 11.7 Å². The van der Waals surface area contributed by atoms with Gasteiger partial charge in [0.15, 0.2) is 0 Å². The molecule has 0 saturated carbocycles. The van der Waals surface area contributed by atoms with E-state index in [4.69, 9.17) is 5.73 Å². The fourth-order valence-corrected chi connectivity index (χ4v) is 1.51. The van der Waals surface area contributed by atoms with Crippen molar-refractivity contribution in [3.63, 3.8) is 0 Å². The monoisotopic (exact) mass is 224 g/mol. The zero-order valence-corrected chi connectivity index (χ0v) is 8.30. The van der Waals surface area contributed by atoms with E-state index in [0.717, 1.165) is 0 Å². The fraction of sp³-hybridized carbons (Fsp3) is 1.00. The van der Waals surface area contributed by atoms with Crippen LogP contribution in [0.25, 0.3) is 0 Å². The molecule has 0 rings (SSSR count). The minimum Gasteiger partial charge on any atom is -0.323 e. The zero-order valence-electron chi connectivity index (χ0n) is 6.71. The maximum absolute atomic E-state index is 10.5. The van der Waals surface area contributed by atoms with Gasteiger partial charge in [-0.1, -0.05) is 13.8 Å². The van der Waals surface area contributed by atoms with Crippen LogP contribution in [0.2, 0.25) is 0 Å². The molecule has 4 nitrogen and oxygen atoms in total. The second-order valence-corrected chi connectivity index (χ2v) is 4.45. The maximum Gasteiger partial charge on any atom is 0.286 e. The lowest BCUT2D eigenvalue weighted by Gasteiger charge is -2.18. The van der Waals surface area contributed by atoms with Gasteiger partial charge in [-0.05, 0) is 5.92 Å². The summed E-state index contributed by atoms with van der Waals surface area (Å²) in [6, 6.07) is 0. The third-order valence-electron chi connectivity index (χ3n) is 1.36. The van der Waals surface area contributed by atoms with E-state index in [-0.39, 0.29) is 17.4 Å². The molecule has 0 aromatic rings. The Morgan fingerprint density at radius 1 is 1.73 bits per heavy atom. The number of nitrogens with two attached hydrogens (primary N) is 1. The Kier molecular flexibility index (Phi) is 3.96. The van der Waals surface area contributed by atoms with Gasteiger partial charge in [0.05, 0.1) is 6.54 Å². The minimum absolute atomic E-state index is 0.0260. The van der Waals surface area contributed by atoms with Gasteiger partial charge in [-0.3, -0.25) is 10.1 Å². The number of nitrogens with zero attached hydrogens (tertiary/aromatic N) is 1. The van der Waals surface area contributed by atoms with Crippen LogP contribution in [0, 0.1) is 16.0 Å². The van der Waals surface area contributed by atoms with Crippen molar-refractivity contribution in [2.75, 3.05) is 6.54 Å². The summed E-state index contributed by atoms with van der Waals surface area (Å²) in [5, 5.41) is 10.5. The molecular formula is C6H13BrN2O2. The van der Waals surface area contributed by atoms with Gasteiger partial charge < -0.3 is 5.73 Å². The van der Waals surface area contributed by atoms with Crippen LogP contribution in [0.3, 0.4) is 0 Å². The average molecular weight is 225 g/mol. The second-order valence-electron chi connectivity index (χ2n) is 2.98. The van der Waals surface area contributed by atoms with Crippen LogP contribution >= 0.6 is 15.9 Å². The SMILES string of the molecule is CC(C)CC(Br)(CN)[N+](=O)[O-]. The van der Waals surface area contributed by atoms with Crippen molar-refractivity contribution in [3.8, 4) is 0 Å². The van der Waals surface area contributed by atoms with E-state index in [1.807, 2.05) is 13.8 Å². The third kappa shape index (κ3) is 3.16. The molecule has 0 spiro atoms. The van der Waals surface area contributed by atoms with Gasteiger partial charge >= 0.3 is 0 Å². The van der Waals surface area contributed by atoms with Crippen molar-refractivity contribution in [3.05, 3.63) is 10.1 Å². The molecule has 0 heterocycles. The lowest BCUT2D eigenvalue weighted by molar-refractivity contribution is -0.534. The predicted octanol–water partition coefficient (Wildman–Crippen LogP) is 1.36. The summed E-state index contributed by atoms with van der Waals surface area (Å²) < 4.78 is -1.12. The molecule has 1 atom stereocenters. The van der Waals surface area contributed by atoms with E-state index in [0.29, 0.717) is 6.42 Å². The summed E-state index contributed by atoms with van der Waals surface area (Å²) in [5.41, 5.74) is 5.27. The first-order valence-electron chi connectivity index (χ1n) is 3.46. The Hall–Kier alpha value is -0.160. The quantitative estimate of drug-likeness (QED) is 0.340. The van der Waals surface area contributed by atoms with E-state index < -0.39 is 4.45 Å². The van der Waals surface area contributed by atoms with E-state index in [9.17, 15) is 10.1 Å². The van der Waals surface area contributed by atoms with Crippen LogP contribution in [-0.2, 0) is 0 Å². The molecule has 11 heavy (non-hydrogen) atoms. The van der Waals surface area contributed by atoms with Crippen molar-refractivity contribution < 1.29 is 4.92 Å². The van der Waals surface area contributed by atoms with E-state index >= 15 is 0 Å². The molecule has 1 unspecified atom stereocenters. The van der Waals surface area contributed by atoms with E-state index in [1.165, 1.54) is 0 Å². The summed E-state index contributed by atoms with van der Waals surface area (Å²) in [7, 11) is 0. The fourth-order valence-electron chi connectivity index (χ4n) is 0.858. The largest absolute Gasteiger partial charge is 0.323 e. The van der Waals surface area contributed by atoms with Gasteiger partial charge in [-0.15, -0.1) is 0 Å². The van der Waals surface area contributed by atoms with Crippen LogP contribution in [0.5, 0.6) is 0 Å². The molecule has 0 aliphatic carbocycles. The van der Waals surface area contributed by atoms with Gasteiger partial charge in [0.25, 0.3) is 4.45 Å². The molecule has 0 radical (unpaired) electrons. The predicted molar refractivity (Wildman–Crippen MR) is 47.2 cm³/mol. The molecule has 0 aromatic carbocycles. The molecule has 2 N–H and O–H groups in total. The normalized spacial score (nSPS) is 16.5. The van der Waals surface area contributed by atoms with Crippen LogP contribution in [0.15, 0.2) is 0 Å². The number of rotatable bonds is 4. The van der Waals surface area contributed by atoms with Gasteiger partial charge in [-0.2, -0.15) is 0 Å². The van der Waals surface area contributed by atoms with Crippen molar-refractivity contribution in [2.45, 2.75) is 24.7 Å². The molecule has 0 aliphatic rings. The number of hydrogen-bond acceptors (Lipinski definition) is 3. The molecule has 5 heteroatoms. The van der Waals surface area contributed by atoms with Gasteiger partial charge in [0.2, 0.25) is 0 Å². The minimum atomic E-state index is -1.12. The average Bonchev–Trinajstić information content (AvgIpc) is 1.86. The van der Waals surface area contributed by atoms with Gasteiger partial charge in [0, 0.05) is 27.3 Å². The summed E-state index contributed by atoms with van der Waals surface area (Å²) in [4.78, 5) is 10.1. The van der Waals surface area contributed by atoms with Crippen molar-refractivity contribution >= 4 is 15.9 Å². The van der Waals surface area contributed by atoms with Gasteiger partial charge in [-0.25, -0.2) is 0 Å². The Balaban J connectivity index is 4.22. The van der Waals surface area contributed by atoms with Crippen LogP contribution in [0.4, 0.5) is 0 Å². The van der Waals surface area contributed by atoms with Crippen LogP contribution in [-0.4, -0.2) is 15.9 Å². The summed E-state index contributed by atoms with van der Waals surface area (Å²) >= 11 is 3.03. The topological polar surface area (TPSA) is 69.2 Å². The highest BCUT2D eigenvalue weighted by Crippen LogP contribution is 2.25. The first-order chi connectivity index (χ1) is 4.92. The molecule has 0 amide bonds. The summed E-state index contributed by atoms with van der Waals surface area (Å²) in [6.45, 7) is 3.88. The third-order valence-corrected chi connectivity index (χ3v) is 2.30. The Labute approximate surface area is 74.4 Å². The molecule has 0 aromatic heterocycles. The first kappa shape index (κ1) is 10.8. The lowest BCUT2D eigenvalue weighted by Crippen LogP contribution is -2.40. The second kappa shape index (κ2) is 4.01. The highest BCUT2D eigenvalue weighted by Gasteiger charge is 2.38. The molecule has 66 valence electrons. The molecule has 0 aliphatic heterocycles. The van der Waals surface area contributed by atoms with Crippen LogP contribution in [0.1, 0.15) is 20.3 Å². The number of halogens is 1. The Morgan fingerprint density at radius 3 is 2.27 bits per heavy atom. The van der Waals surface area contributed by atoms with Crippen LogP contribution < -0.4 is 5.73 Å².